The van der Waals surface area contributed by atoms with E-state index < -0.39 is 0 Å². The minimum absolute atomic E-state index is 0.0762. The predicted octanol–water partition coefficient (Wildman–Crippen LogP) is 4.43. The number of fused-ring (bicyclic) bond motifs is 1. The number of anilines is 1. The number of rotatable bonds is 5. The summed E-state index contributed by atoms with van der Waals surface area (Å²) in [5, 5.41) is 4.19. The van der Waals surface area contributed by atoms with Gasteiger partial charge in [-0.3, -0.25) is 4.79 Å². The van der Waals surface area contributed by atoms with Crippen LogP contribution in [0, 0.1) is 5.41 Å². The highest BCUT2D eigenvalue weighted by atomic mass is 16.2. The molecule has 108 valence electrons. The van der Waals surface area contributed by atoms with Crippen LogP contribution in [0.3, 0.4) is 0 Å². The first-order chi connectivity index (χ1) is 9.47. The normalized spacial score (nSPS) is 11.8. The van der Waals surface area contributed by atoms with Gasteiger partial charge in [0.25, 0.3) is 0 Å². The lowest BCUT2D eigenvalue weighted by Gasteiger charge is -2.21. The van der Waals surface area contributed by atoms with Gasteiger partial charge in [0.2, 0.25) is 5.91 Å². The number of nitrogens with one attached hydrogen (secondary N) is 1. The van der Waals surface area contributed by atoms with E-state index in [-0.39, 0.29) is 11.3 Å². The number of benzene rings is 1. The molecule has 1 N–H and O–H groups in total. The van der Waals surface area contributed by atoms with E-state index >= 15 is 0 Å². The highest BCUT2D eigenvalue weighted by Gasteiger charge is 2.25. The van der Waals surface area contributed by atoms with Crippen molar-refractivity contribution in [3.63, 3.8) is 0 Å². The molecule has 3 nitrogen and oxygen atoms in total. The van der Waals surface area contributed by atoms with Crippen LogP contribution in [0.1, 0.15) is 40.5 Å². The first-order valence-corrected chi connectivity index (χ1v) is 7.38. The second-order valence-corrected chi connectivity index (χ2v) is 5.97. The maximum Gasteiger partial charge on any atom is 0.230 e. The van der Waals surface area contributed by atoms with Gasteiger partial charge in [0.1, 0.15) is 0 Å². The van der Waals surface area contributed by atoms with E-state index in [1.807, 2.05) is 32.9 Å². The maximum absolute atomic E-state index is 12.2. The molecule has 0 saturated carbocycles. The first-order valence-electron chi connectivity index (χ1n) is 7.38. The molecule has 0 saturated heterocycles. The molecule has 0 fully saturated rings. The number of carbonyl (C=O) groups is 1. The summed E-state index contributed by atoms with van der Waals surface area (Å²) in [6, 6.07) is 8.22. The SMILES string of the molecule is CCCn1ccc2cc(NC(=O)C(C)(C)CC)ccc21. The standard InChI is InChI=1S/C17H24N2O/c1-5-10-19-11-9-13-12-14(7-8-15(13)19)18-16(20)17(3,4)6-2/h7-9,11-12H,5-6,10H2,1-4H3,(H,18,20). The second-order valence-electron chi connectivity index (χ2n) is 5.97. The number of nitrogens with zero attached hydrogens (tertiary/aromatic N) is 1. The van der Waals surface area contributed by atoms with Crippen molar-refractivity contribution in [1.29, 1.82) is 0 Å². The van der Waals surface area contributed by atoms with Crippen LogP contribution in [0.25, 0.3) is 10.9 Å². The predicted molar refractivity (Wildman–Crippen MR) is 84.9 cm³/mol. The molecule has 0 aliphatic rings. The third kappa shape index (κ3) is 2.87. The highest BCUT2D eigenvalue weighted by molar-refractivity contribution is 5.96. The van der Waals surface area contributed by atoms with E-state index in [1.165, 1.54) is 10.9 Å². The van der Waals surface area contributed by atoms with Gasteiger partial charge in [0.15, 0.2) is 0 Å². The molecule has 1 aromatic heterocycles. The van der Waals surface area contributed by atoms with Crippen molar-refractivity contribution in [2.45, 2.75) is 47.1 Å². The fraction of sp³-hybridized carbons (Fsp3) is 0.471. The van der Waals surface area contributed by atoms with Gasteiger partial charge in [0.05, 0.1) is 0 Å². The Morgan fingerprint density at radius 2 is 2.00 bits per heavy atom. The lowest BCUT2D eigenvalue weighted by atomic mass is 9.89. The van der Waals surface area contributed by atoms with Crippen molar-refractivity contribution < 1.29 is 4.79 Å². The maximum atomic E-state index is 12.2. The van der Waals surface area contributed by atoms with Crippen molar-refractivity contribution in [3.05, 3.63) is 30.5 Å². The molecule has 2 rings (SSSR count). The molecule has 0 bridgehead atoms. The van der Waals surface area contributed by atoms with Crippen molar-refractivity contribution in [1.82, 2.24) is 4.57 Å². The monoisotopic (exact) mass is 272 g/mol. The number of hydrogen-bond donors (Lipinski definition) is 1. The Morgan fingerprint density at radius 1 is 1.25 bits per heavy atom. The van der Waals surface area contributed by atoms with Crippen LogP contribution in [-0.4, -0.2) is 10.5 Å². The van der Waals surface area contributed by atoms with Crippen molar-refractivity contribution in [2.24, 2.45) is 5.41 Å². The Kier molecular flexibility index (Phi) is 4.17. The first kappa shape index (κ1) is 14.6. The highest BCUT2D eigenvalue weighted by Crippen LogP contribution is 2.25. The van der Waals surface area contributed by atoms with Crippen LogP contribution in [0.2, 0.25) is 0 Å². The average Bonchev–Trinajstić information content (AvgIpc) is 2.82. The molecule has 2 aromatic rings. The van der Waals surface area contributed by atoms with Crippen molar-refractivity contribution in [2.75, 3.05) is 5.32 Å². The molecule has 0 aliphatic heterocycles. The van der Waals surface area contributed by atoms with Crippen LogP contribution in [0.4, 0.5) is 5.69 Å². The Bertz CT molecular complexity index is 610. The molecule has 0 atom stereocenters. The van der Waals surface area contributed by atoms with E-state index in [2.05, 4.69) is 35.1 Å². The molecule has 20 heavy (non-hydrogen) atoms. The van der Waals surface area contributed by atoms with Gasteiger partial charge >= 0.3 is 0 Å². The fourth-order valence-electron chi connectivity index (χ4n) is 2.17. The Labute approximate surface area is 121 Å². The van der Waals surface area contributed by atoms with Crippen LogP contribution >= 0.6 is 0 Å². The molecule has 0 radical (unpaired) electrons. The quantitative estimate of drug-likeness (QED) is 0.858. The Morgan fingerprint density at radius 3 is 2.65 bits per heavy atom. The second kappa shape index (κ2) is 5.70. The summed E-state index contributed by atoms with van der Waals surface area (Å²) in [5.41, 5.74) is 1.76. The molecule has 1 amide bonds. The van der Waals surface area contributed by atoms with E-state index in [0.717, 1.165) is 25.1 Å². The number of amides is 1. The van der Waals surface area contributed by atoms with Gasteiger partial charge in [-0.25, -0.2) is 0 Å². The number of aromatic nitrogens is 1. The van der Waals surface area contributed by atoms with Crippen molar-refractivity contribution in [3.8, 4) is 0 Å². The molecular weight excluding hydrogens is 248 g/mol. The Balaban J connectivity index is 2.23. The summed E-state index contributed by atoms with van der Waals surface area (Å²) in [6.45, 7) is 9.18. The number of carbonyl (C=O) groups excluding carboxylic acids is 1. The van der Waals surface area contributed by atoms with Gasteiger partial charge in [0, 0.05) is 34.7 Å². The fourth-order valence-corrected chi connectivity index (χ4v) is 2.17. The molecular formula is C17H24N2O. The van der Waals surface area contributed by atoms with Gasteiger partial charge < -0.3 is 9.88 Å². The third-order valence-electron chi connectivity index (χ3n) is 3.99. The van der Waals surface area contributed by atoms with Crippen LogP contribution < -0.4 is 5.32 Å². The van der Waals surface area contributed by atoms with Crippen LogP contribution in [0.5, 0.6) is 0 Å². The zero-order valence-corrected chi connectivity index (χ0v) is 12.9. The van der Waals surface area contributed by atoms with E-state index in [4.69, 9.17) is 0 Å². The van der Waals surface area contributed by atoms with Crippen LogP contribution in [-0.2, 0) is 11.3 Å². The number of aryl methyl sites for hydroxylation is 1. The molecule has 0 unspecified atom stereocenters. The zero-order valence-electron chi connectivity index (χ0n) is 12.9. The molecule has 3 heteroatoms. The van der Waals surface area contributed by atoms with Gasteiger partial charge in [-0.2, -0.15) is 0 Å². The minimum Gasteiger partial charge on any atom is -0.347 e. The number of hydrogen-bond acceptors (Lipinski definition) is 1. The largest absolute Gasteiger partial charge is 0.347 e. The van der Waals surface area contributed by atoms with E-state index in [1.54, 1.807) is 0 Å². The van der Waals surface area contributed by atoms with Crippen molar-refractivity contribution >= 4 is 22.5 Å². The third-order valence-corrected chi connectivity index (χ3v) is 3.99. The lowest BCUT2D eigenvalue weighted by molar-refractivity contribution is -0.124. The average molecular weight is 272 g/mol. The summed E-state index contributed by atoms with van der Waals surface area (Å²) < 4.78 is 2.25. The van der Waals surface area contributed by atoms with Gasteiger partial charge in [-0.15, -0.1) is 0 Å². The van der Waals surface area contributed by atoms with Crippen LogP contribution in [0.15, 0.2) is 30.5 Å². The van der Waals surface area contributed by atoms with E-state index in [0.29, 0.717) is 0 Å². The summed E-state index contributed by atoms with van der Waals surface area (Å²) in [4.78, 5) is 12.2. The molecule has 0 spiro atoms. The van der Waals surface area contributed by atoms with Gasteiger partial charge in [-0.05, 0) is 37.1 Å². The summed E-state index contributed by atoms with van der Waals surface area (Å²) in [7, 11) is 0. The van der Waals surface area contributed by atoms with Gasteiger partial charge in [-0.1, -0.05) is 27.7 Å². The lowest BCUT2D eigenvalue weighted by Crippen LogP contribution is -2.29. The summed E-state index contributed by atoms with van der Waals surface area (Å²) in [6.07, 6.45) is 4.05. The topological polar surface area (TPSA) is 34.0 Å². The Hall–Kier alpha value is -1.77. The van der Waals surface area contributed by atoms with E-state index in [9.17, 15) is 4.79 Å². The minimum atomic E-state index is -0.330. The summed E-state index contributed by atoms with van der Waals surface area (Å²) in [5.74, 6) is 0.0762. The summed E-state index contributed by atoms with van der Waals surface area (Å²) >= 11 is 0. The molecule has 0 aliphatic carbocycles. The molecule has 1 aromatic carbocycles. The smallest absolute Gasteiger partial charge is 0.230 e. The zero-order chi connectivity index (χ0) is 14.8. The molecule has 1 heterocycles.